The number of aromatic nitrogens is 4. The van der Waals surface area contributed by atoms with Crippen molar-refractivity contribution in [1.82, 2.24) is 19.7 Å². The summed E-state index contributed by atoms with van der Waals surface area (Å²) in [7, 11) is 3.14. The first-order valence-electron chi connectivity index (χ1n) is 8.90. The lowest BCUT2D eigenvalue weighted by atomic mass is 9.94. The van der Waals surface area contributed by atoms with E-state index in [1.54, 1.807) is 50.4 Å². The molecule has 4 rings (SSSR count). The van der Waals surface area contributed by atoms with Gasteiger partial charge in [0.15, 0.2) is 5.82 Å². The number of amides is 1. The summed E-state index contributed by atoms with van der Waals surface area (Å²) in [5.74, 6) is 1.64. The van der Waals surface area contributed by atoms with Crippen molar-refractivity contribution >= 4 is 11.9 Å². The fourth-order valence-electron chi connectivity index (χ4n) is 3.43. The third kappa shape index (κ3) is 3.16. The number of ether oxygens (including phenoxy) is 2. The summed E-state index contributed by atoms with van der Waals surface area (Å²) in [5.41, 5.74) is 8.26. The zero-order valence-corrected chi connectivity index (χ0v) is 16.2. The Kier molecular flexibility index (Phi) is 4.63. The van der Waals surface area contributed by atoms with Crippen LogP contribution in [0.25, 0.3) is 11.4 Å². The molecule has 0 aliphatic carbocycles. The molecule has 3 N–H and O–H groups in total. The number of hydrogen-bond acceptors (Lipinski definition) is 7. The molecule has 0 fully saturated rings. The van der Waals surface area contributed by atoms with Gasteiger partial charge in [-0.1, -0.05) is 0 Å². The molecule has 0 saturated heterocycles. The van der Waals surface area contributed by atoms with Crippen LogP contribution in [0.3, 0.4) is 0 Å². The first-order chi connectivity index (χ1) is 14.0. The first-order valence-corrected chi connectivity index (χ1v) is 8.90. The van der Waals surface area contributed by atoms with Crippen LogP contribution in [0.2, 0.25) is 0 Å². The van der Waals surface area contributed by atoms with E-state index in [9.17, 15) is 4.79 Å². The van der Waals surface area contributed by atoms with E-state index in [2.05, 4.69) is 20.4 Å². The summed E-state index contributed by atoms with van der Waals surface area (Å²) in [6.45, 7) is 1.79. The summed E-state index contributed by atoms with van der Waals surface area (Å²) in [6.07, 6.45) is 3.34. The Morgan fingerprint density at radius 1 is 1.17 bits per heavy atom. The number of nitrogens with two attached hydrogens (primary N) is 1. The van der Waals surface area contributed by atoms with Crippen LogP contribution in [0.15, 0.2) is 54.0 Å². The van der Waals surface area contributed by atoms with Gasteiger partial charge in [-0.2, -0.15) is 4.98 Å². The minimum absolute atomic E-state index is 0.382. The van der Waals surface area contributed by atoms with E-state index in [1.165, 1.54) is 0 Å². The quantitative estimate of drug-likeness (QED) is 0.683. The van der Waals surface area contributed by atoms with Gasteiger partial charge in [0.1, 0.15) is 17.5 Å². The molecule has 1 aliphatic rings. The molecular weight excluding hydrogens is 372 g/mol. The summed E-state index contributed by atoms with van der Waals surface area (Å²) < 4.78 is 12.5. The average molecular weight is 392 g/mol. The van der Waals surface area contributed by atoms with Gasteiger partial charge < -0.3 is 20.5 Å². The molecule has 3 heterocycles. The summed E-state index contributed by atoms with van der Waals surface area (Å²) in [5, 5.41) is 7.78. The number of methoxy groups -OCH3 is 2. The van der Waals surface area contributed by atoms with Crippen LogP contribution in [-0.4, -0.2) is 39.9 Å². The van der Waals surface area contributed by atoms with E-state index in [0.717, 1.165) is 11.1 Å². The van der Waals surface area contributed by atoms with Gasteiger partial charge in [0.25, 0.3) is 0 Å². The van der Waals surface area contributed by atoms with E-state index in [4.69, 9.17) is 15.2 Å². The second kappa shape index (κ2) is 7.27. The molecule has 9 heteroatoms. The maximum absolute atomic E-state index is 12.3. The number of fused-ring (bicyclic) bond motifs is 1. The van der Waals surface area contributed by atoms with Crippen LogP contribution in [0, 0.1) is 0 Å². The Balaban J connectivity index is 1.92. The van der Waals surface area contributed by atoms with E-state index in [-0.39, 0.29) is 0 Å². The number of benzene rings is 1. The van der Waals surface area contributed by atoms with Gasteiger partial charge in [0.2, 0.25) is 11.9 Å². The highest BCUT2D eigenvalue weighted by Gasteiger charge is 2.35. The molecule has 2 aromatic heterocycles. The topological polar surface area (TPSA) is 117 Å². The molecule has 3 aromatic rings. The summed E-state index contributed by atoms with van der Waals surface area (Å²) in [6, 6.07) is 8.42. The Bertz CT molecular complexity index is 1110. The van der Waals surface area contributed by atoms with E-state index >= 15 is 0 Å². The highest BCUT2D eigenvalue weighted by molar-refractivity contribution is 5.95. The second-order valence-electron chi connectivity index (χ2n) is 6.48. The van der Waals surface area contributed by atoms with Crippen LogP contribution in [0.1, 0.15) is 18.5 Å². The number of nitrogens with zero attached hydrogens (tertiary/aromatic N) is 4. The predicted octanol–water partition coefficient (Wildman–Crippen LogP) is 2.13. The van der Waals surface area contributed by atoms with Gasteiger partial charge in [-0.3, -0.25) is 9.78 Å². The van der Waals surface area contributed by atoms with Gasteiger partial charge in [0.05, 0.1) is 19.8 Å². The average Bonchev–Trinajstić information content (AvgIpc) is 3.16. The van der Waals surface area contributed by atoms with Crippen LogP contribution in [-0.2, 0) is 4.79 Å². The fourth-order valence-corrected chi connectivity index (χ4v) is 3.43. The summed E-state index contributed by atoms with van der Waals surface area (Å²) in [4.78, 5) is 21.0. The zero-order chi connectivity index (χ0) is 20.5. The number of nitrogens with one attached hydrogen (secondary N) is 1. The molecule has 1 aromatic carbocycles. The van der Waals surface area contributed by atoms with Crippen molar-refractivity contribution in [3.63, 3.8) is 0 Å². The van der Waals surface area contributed by atoms with Gasteiger partial charge in [-0.15, -0.1) is 5.10 Å². The van der Waals surface area contributed by atoms with Crippen molar-refractivity contribution in [2.45, 2.75) is 13.0 Å². The minimum Gasteiger partial charge on any atom is -0.497 e. The highest BCUT2D eigenvalue weighted by atomic mass is 16.5. The minimum atomic E-state index is -0.604. The normalized spacial score (nSPS) is 15.5. The lowest BCUT2D eigenvalue weighted by Crippen LogP contribution is -2.32. The van der Waals surface area contributed by atoms with Crippen LogP contribution < -0.4 is 20.5 Å². The van der Waals surface area contributed by atoms with Crippen LogP contribution >= 0.6 is 0 Å². The molecule has 1 unspecified atom stereocenters. The molecule has 29 heavy (non-hydrogen) atoms. The molecule has 148 valence electrons. The third-order valence-corrected chi connectivity index (χ3v) is 4.79. The smallest absolute Gasteiger partial charge is 0.248 e. The number of pyridine rings is 1. The Morgan fingerprint density at radius 2 is 1.93 bits per heavy atom. The maximum Gasteiger partial charge on any atom is 0.248 e. The van der Waals surface area contributed by atoms with Crippen molar-refractivity contribution in [1.29, 1.82) is 0 Å². The number of primary amides is 1. The predicted molar refractivity (Wildman–Crippen MR) is 106 cm³/mol. The van der Waals surface area contributed by atoms with E-state index in [1.807, 2.05) is 18.2 Å². The molecule has 1 aliphatic heterocycles. The van der Waals surface area contributed by atoms with Gasteiger partial charge in [-0.25, -0.2) is 4.68 Å². The van der Waals surface area contributed by atoms with Crippen molar-refractivity contribution < 1.29 is 14.3 Å². The SMILES string of the molecule is COc1ccc(C2C(C(N)=O)=C(C)Nc3nc(-c4ccncc4)nn32)c(OC)c1. The highest BCUT2D eigenvalue weighted by Crippen LogP contribution is 2.40. The second-order valence-corrected chi connectivity index (χ2v) is 6.48. The van der Waals surface area contributed by atoms with Crippen molar-refractivity contribution in [2.24, 2.45) is 5.73 Å². The molecule has 1 atom stereocenters. The molecule has 0 saturated carbocycles. The lowest BCUT2D eigenvalue weighted by molar-refractivity contribution is -0.115. The largest absolute Gasteiger partial charge is 0.497 e. The number of hydrogen-bond donors (Lipinski definition) is 2. The molecular formula is C20H20N6O3. The van der Waals surface area contributed by atoms with Crippen molar-refractivity contribution in [3.05, 3.63) is 59.6 Å². The molecule has 0 radical (unpaired) electrons. The molecule has 0 bridgehead atoms. The van der Waals surface area contributed by atoms with E-state index in [0.29, 0.717) is 34.5 Å². The Labute approximate surface area is 167 Å². The molecule has 0 spiro atoms. The number of carbonyl (C=O) groups excluding carboxylic acids is 1. The maximum atomic E-state index is 12.3. The van der Waals surface area contributed by atoms with Gasteiger partial charge in [-0.05, 0) is 31.2 Å². The first kappa shape index (κ1) is 18.5. The lowest BCUT2D eigenvalue weighted by Gasteiger charge is -2.28. The van der Waals surface area contributed by atoms with Crippen LogP contribution in [0.4, 0.5) is 5.95 Å². The number of allylic oxidation sites excluding steroid dienone is 1. The molecule has 9 nitrogen and oxygen atoms in total. The van der Waals surface area contributed by atoms with Crippen molar-refractivity contribution in [2.75, 3.05) is 19.5 Å². The standard InChI is InChI=1S/C20H20N6O3/c1-11-16(18(21)27)17(14-5-4-13(28-2)10-15(14)29-3)26-20(23-11)24-19(25-26)12-6-8-22-9-7-12/h4-10,17H,1-3H3,(H2,21,27)(H,23,24,25). The third-order valence-electron chi connectivity index (χ3n) is 4.79. The fraction of sp³-hybridized carbons (Fsp3) is 0.200. The van der Waals surface area contributed by atoms with Crippen LogP contribution in [0.5, 0.6) is 11.5 Å². The Hall–Kier alpha value is -3.88. The zero-order valence-electron chi connectivity index (χ0n) is 16.2. The molecule has 1 amide bonds. The van der Waals surface area contributed by atoms with E-state index < -0.39 is 11.9 Å². The van der Waals surface area contributed by atoms with Crippen molar-refractivity contribution in [3.8, 4) is 22.9 Å². The number of anilines is 1. The summed E-state index contributed by atoms with van der Waals surface area (Å²) >= 11 is 0. The Morgan fingerprint density at radius 3 is 2.59 bits per heavy atom. The van der Waals surface area contributed by atoms with Gasteiger partial charge in [0, 0.05) is 35.3 Å². The van der Waals surface area contributed by atoms with Gasteiger partial charge >= 0.3 is 0 Å². The monoisotopic (exact) mass is 392 g/mol. The number of carbonyl (C=O) groups is 1. The number of rotatable bonds is 5.